The number of nitrogens with one attached hydrogen (secondary N) is 1. The Bertz CT molecular complexity index is 551. The number of hydrogen-bond acceptors (Lipinski definition) is 4. The van der Waals surface area contributed by atoms with Gasteiger partial charge in [0.1, 0.15) is 18.0 Å². The normalized spacial score (nSPS) is 10.2. The first-order valence-corrected chi connectivity index (χ1v) is 5.92. The van der Waals surface area contributed by atoms with E-state index in [1.807, 2.05) is 20.2 Å². The Balaban J connectivity index is 2.37. The maximum atomic E-state index is 4.30. The lowest BCUT2D eigenvalue weighted by Gasteiger charge is -2.21. The van der Waals surface area contributed by atoms with Crippen molar-refractivity contribution in [3.63, 3.8) is 0 Å². The number of benzene rings is 1. The van der Waals surface area contributed by atoms with Crippen molar-refractivity contribution in [1.29, 1.82) is 0 Å². The molecule has 0 saturated heterocycles. The second-order valence-electron chi connectivity index (χ2n) is 4.36. The highest BCUT2D eigenvalue weighted by Gasteiger charge is 2.08. The molecule has 1 aromatic heterocycles. The van der Waals surface area contributed by atoms with Crippen molar-refractivity contribution >= 4 is 17.3 Å². The van der Waals surface area contributed by atoms with Gasteiger partial charge in [-0.1, -0.05) is 17.7 Å². The van der Waals surface area contributed by atoms with Gasteiger partial charge in [0.25, 0.3) is 0 Å². The van der Waals surface area contributed by atoms with Crippen molar-refractivity contribution in [3.05, 3.63) is 41.7 Å². The fourth-order valence-corrected chi connectivity index (χ4v) is 1.97. The predicted molar refractivity (Wildman–Crippen MR) is 75.6 cm³/mol. The van der Waals surface area contributed by atoms with Gasteiger partial charge in [-0.25, -0.2) is 9.97 Å². The van der Waals surface area contributed by atoms with E-state index in [2.05, 4.69) is 52.2 Å². The van der Waals surface area contributed by atoms with Crippen LogP contribution in [0.2, 0.25) is 0 Å². The van der Waals surface area contributed by atoms with Crippen LogP contribution in [0.3, 0.4) is 0 Å². The smallest absolute Gasteiger partial charge is 0.138 e. The average molecular weight is 242 g/mol. The summed E-state index contributed by atoms with van der Waals surface area (Å²) in [6.07, 6.45) is 1.57. The fourth-order valence-electron chi connectivity index (χ4n) is 1.97. The molecule has 4 nitrogen and oxygen atoms in total. The largest absolute Gasteiger partial charge is 0.373 e. The molecule has 0 aliphatic rings. The van der Waals surface area contributed by atoms with Crippen molar-refractivity contribution in [2.75, 3.05) is 24.3 Å². The van der Waals surface area contributed by atoms with Gasteiger partial charge in [-0.2, -0.15) is 0 Å². The van der Waals surface area contributed by atoms with E-state index in [9.17, 15) is 0 Å². The maximum absolute atomic E-state index is 4.30. The molecule has 0 bridgehead atoms. The number of aromatic nitrogens is 2. The number of anilines is 3. The van der Waals surface area contributed by atoms with E-state index in [0.717, 1.165) is 17.3 Å². The van der Waals surface area contributed by atoms with E-state index >= 15 is 0 Å². The predicted octanol–water partition coefficient (Wildman–Crippen LogP) is 2.90. The van der Waals surface area contributed by atoms with Crippen molar-refractivity contribution in [2.24, 2.45) is 0 Å². The van der Waals surface area contributed by atoms with Crippen LogP contribution in [0.1, 0.15) is 11.1 Å². The third-order valence-electron chi connectivity index (χ3n) is 2.97. The highest BCUT2D eigenvalue weighted by molar-refractivity contribution is 5.64. The van der Waals surface area contributed by atoms with Crippen LogP contribution in [0, 0.1) is 13.8 Å². The van der Waals surface area contributed by atoms with E-state index in [0.29, 0.717) is 0 Å². The van der Waals surface area contributed by atoms with Crippen LogP contribution in [-0.4, -0.2) is 24.1 Å². The molecule has 0 fully saturated rings. The summed E-state index contributed by atoms with van der Waals surface area (Å²) < 4.78 is 0. The molecule has 0 amide bonds. The number of hydrogen-bond donors (Lipinski definition) is 1. The van der Waals surface area contributed by atoms with E-state index in [1.54, 1.807) is 6.33 Å². The van der Waals surface area contributed by atoms with Gasteiger partial charge in [0.05, 0.1) is 0 Å². The Morgan fingerprint density at radius 3 is 2.56 bits per heavy atom. The van der Waals surface area contributed by atoms with Gasteiger partial charge in [-0.3, -0.25) is 0 Å². The van der Waals surface area contributed by atoms with Gasteiger partial charge < -0.3 is 10.2 Å². The molecule has 2 aromatic rings. The molecule has 94 valence electrons. The minimum Gasteiger partial charge on any atom is -0.373 e. The van der Waals surface area contributed by atoms with Gasteiger partial charge in [0, 0.05) is 25.8 Å². The van der Waals surface area contributed by atoms with Crippen LogP contribution >= 0.6 is 0 Å². The van der Waals surface area contributed by atoms with E-state index < -0.39 is 0 Å². The van der Waals surface area contributed by atoms with Gasteiger partial charge in [-0.05, 0) is 25.5 Å². The number of nitrogens with zero attached hydrogens (tertiary/aromatic N) is 3. The second-order valence-corrected chi connectivity index (χ2v) is 4.36. The van der Waals surface area contributed by atoms with Crippen molar-refractivity contribution in [2.45, 2.75) is 13.8 Å². The van der Waals surface area contributed by atoms with Crippen LogP contribution in [0.25, 0.3) is 0 Å². The van der Waals surface area contributed by atoms with Crippen LogP contribution in [0.15, 0.2) is 30.6 Å². The summed E-state index contributed by atoms with van der Waals surface area (Å²) in [6.45, 7) is 4.21. The standard InChI is InChI=1S/C14H18N4/c1-10-5-6-12(11(2)7-10)18(4)14-8-13(15-3)16-9-17-14/h5-9H,1-4H3,(H,15,16,17). The molecule has 0 saturated carbocycles. The van der Waals surface area contributed by atoms with Crippen LogP contribution < -0.4 is 10.2 Å². The molecule has 2 rings (SSSR count). The van der Waals surface area contributed by atoms with Gasteiger partial charge in [0.15, 0.2) is 0 Å². The summed E-state index contributed by atoms with van der Waals surface area (Å²) in [5, 5.41) is 3.02. The van der Waals surface area contributed by atoms with Gasteiger partial charge in [0.2, 0.25) is 0 Å². The molecule has 1 heterocycles. The molecule has 0 radical (unpaired) electrons. The lowest BCUT2D eigenvalue weighted by Crippen LogP contribution is -2.13. The summed E-state index contributed by atoms with van der Waals surface area (Å²) >= 11 is 0. The molecule has 1 N–H and O–H groups in total. The lowest BCUT2D eigenvalue weighted by molar-refractivity contribution is 1.07. The molecule has 0 spiro atoms. The summed E-state index contributed by atoms with van der Waals surface area (Å²) in [7, 11) is 3.86. The van der Waals surface area contributed by atoms with Crippen molar-refractivity contribution < 1.29 is 0 Å². The van der Waals surface area contributed by atoms with E-state index in [-0.39, 0.29) is 0 Å². The van der Waals surface area contributed by atoms with E-state index in [1.165, 1.54) is 11.1 Å². The van der Waals surface area contributed by atoms with E-state index in [4.69, 9.17) is 0 Å². The van der Waals surface area contributed by atoms with Crippen molar-refractivity contribution in [3.8, 4) is 0 Å². The molecule has 0 atom stereocenters. The zero-order valence-electron chi connectivity index (χ0n) is 11.2. The summed E-state index contributed by atoms with van der Waals surface area (Å²) in [5.41, 5.74) is 3.66. The van der Waals surface area contributed by atoms with Gasteiger partial charge >= 0.3 is 0 Å². The Hall–Kier alpha value is -2.10. The lowest BCUT2D eigenvalue weighted by atomic mass is 10.1. The fraction of sp³-hybridized carbons (Fsp3) is 0.286. The van der Waals surface area contributed by atoms with Crippen LogP contribution in [0.4, 0.5) is 17.3 Å². The molecule has 0 aliphatic carbocycles. The average Bonchev–Trinajstić information content (AvgIpc) is 2.38. The third-order valence-corrected chi connectivity index (χ3v) is 2.97. The Morgan fingerprint density at radius 2 is 1.89 bits per heavy atom. The SMILES string of the molecule is CNc1cc(N(C)c2ccc(C)cc2C)ncn1. The quantitative estimate of drug-likeness (QED) is 0.898. The molecular weight excluding hydrogens is 224 g/mol. The highest BCUT2D eigenvalue weighted by atomic mass is 15.2. The molecule has 0 aliphatic heterocycles. The molecule has 18 heavy (non-hydrogen) atoms. The maximum Gasteiger partial charge on any atom is 0.138 e. The summed E-state index contributed by atoms with van der Waals surface area (Å²) in [4.78, 5) is 10.5. The minimum atomic E-state index is 0.816. The molecular formula is C14H18N4. The first kappa shape index (κ1) is 12.4. The number of aryl methyl sites for hydroxylation is 2. The van der Waals surface area contributed by atoms with Crippen molar-refractivity contribution in [1.82, 2.24) is 9.97 Å². The highest BCUT2D eigenvalue weighted by Crippen LogP contribution is 2.26. The first-order chi connectivity index (χ1) is 8.61. The molecule has 0 unspecified atom stereocenters. The third kappa shape index (κ3) is 2.42. The number of rotatable bonds is 3. The topological polar surface area (TPSA) is 41.0 Å². The monoisotopic (exact) mass is 242 g/mol. The Kier molecular flexibility index (Phi) is 3.46. The second kappa shape index (κ2) is 5.04. The first-order valence-electron chi connectivity index (χ1n) is 5.92. The Morgan fingerprint density at radius 1 is 1.11 bits per heavy atom. The molecule has 4 heteroatoms. The van der Waals surface area contributed by atoms with Crippen LogP contribution in [-0.2, 0) is 0 Å². The van der Waals surface area contributed by atoms with Gasteiger partial charge in [-0.15, -0.1) is 0 Å². The van der Waals surface area contributed by atoms with Crippen LogP contribution in [0.5, 0.6) is 0 Å². The zero-order chi connectivity index (χ0) is 13.1. The summed E-state index contributed by atoms with van der Waals surface area (Å²) in [6, 6.07) is 8.33. The minimum absolute atomic E-state index is 0.816. The summed E-state index contributed by atoms with van der Waals surface area (Å²) in [5.74, 6) is 1.69. The Labute approximate surface area is 108 Å². The zero-order valence-corrected chi connectivity index (χ0v) is 11.2. The molecule has 1 aromatic carbocycles.